The van der Waals surface area contributed by atoms with Crippen LogP contribution >= 0.6 is 11.6 Å². The molecule has 0 aromatic heterocycles. The van der Waals surface area contributed by atoms with E-state index in [-0.39, 0.29) is 18.7 Å². The fourth-order valence-corrected chi connectivity index (χ4v) is 4.19. The fourth-order valence-electron chi connectivity index (χ4n) is 3.99. The maximum atomic E-state index is 12.6. The Balaban J connectivity index is 1.94. The van der Waals surface area contributed by atoms with E-state index in [4.69, 9.17) is 18.2 Å². The first kappa shape index (κ1) is 24.1. The summed E-state index contributed by atoms with van der Waals surface area (Å²) in [6, 6.07) is 3.01. The van der Waals surface area contributed by atoms with Gasteiger partial charge in [0.25, 0.3) is 11.8 Å². The van der Waals surface area contributed by atoms with Crippen molar-refractivity contribution < 1.29 is 14.4 Å². The Kier molecular flexibility index (Phi) is 7.24. The topological polar surface area (TPSA) is 68.5 Å². The van der Waals surface area contributed by atoms with E-state index in [0.29, 0.717) is 23.8 Å². The first-order chi connectivity index (χ1) is 15.8. The molecule has 1 aromatic rings. The molecule has 2 aliphatic rings. The van der Waals surface area contributed by atoms with Crippen LogP contribution in [0, 0.1) is 6.57 Å². The number of barbiturate groups is 1. The van der Waals surface area contributed by atoms with Gasteiger partial charge in [0.1, 0.15) is 11.4 Å². The molecule has 0 N–H and O–H groups in total. The van der Waals surface area contributed by atoms with Crippen molar-refractivity contribution in [1.82, 2.24) is 9.80 Å². The second kappa shape index (κ2) is 9.92. The van der Waals surface area contributed by atoms with Gasteiger partial charge in [-0.25, -0.2) is 9.64 Å². The van der Waals surface area contributed by atoms with Crippen LogP contribution < -0.4 is 9.80 Å². The molecular weight excluding hydrogens is 442 g/mol. The number of rotatable bonds is 6. The largest absolute Gasteiger partial charge is 0.333 e. The predicted molar refractivity (Wildman–Crippen MR) is 129 cm³/mol. The van der Waals surface area contributed by atoms with Crippen LogP contribution in [0.25, 0.3) is 4.85 Å². The minimum Gasteiger partial charge on any atom is -0.327 e. The van der Waals surface area contributed by atoms with Gasteiger partial charge in [0.2, 0.25) is 5.69 Å². The summed E-state index contributed by atoms with van der Waals surface area (Å²) in [4.78, 5) is 47.3. The van der Waals surface area contributed by atoms with Crippen LogP contribution in [0.1, 0.15) is 27.7 Å². The minimum absolute atomic E-state index is 0.0455. The molecule has 33 heavy (non-hydrogen) atoms. The summed E-state index contributed by atoms with van der Waals surface area (Å²) in [6.07, 6.45) is 6.70. The minimum atomic E-state index is -0.588. The smallest absolute Gasteiger partial charge is 0.327 e. The summed E-state index contributed by atoms with van der Waals surface area (Å²) in [5.74, 6) is -0.284. The maximum Gasteiger partial charge on any atom is 0.333 e. The molecular formula is C24H26ClN5O3. The number of anilines is 2. The van der Waals surface area contributed by atoms with Crippen molar-refractivity contribution in [2.75, 3.05) is 36.0 Å². The van der Waals surface area contributed by atoms with E-state index in [1.54, 1.807) is 38.1 Å². The van der Waals surface area contributed by atoms with Crippen LogP contribution in [0.4, 0.5) is 21.9 Å². The number of imide groups is 2. The van der Waals surface area contributed by atoms with E-state index >= 15 is 0 Å². The van der Waals surface area contributed by atoms with Gasteiger partial charge < -0.3 is 9.80 Å². The Morgan fingerprint density at radius 2 is 1.30 bits per heavy atom. The number of hydrogen-bond acceptors (Lipinski definition) is 5. The highest BCUT2D eigenvalue weighted by Crippen LogP contribution is 2.46. The lowest BCUT2D eigenvalue weighted by atomic mass is 10.1. The average Bonchev–Trinajstić information content (AvgIpc) is 3.09. The Labute approximate surface area is 198 Å². The van der Waals surface area contributed by atoms with Crippen molar-refractivity contribution >= 4 is 46.5 Å². The van der Waals surface area contributed by atoms with Crippen LogP contribution in [0.3, 0.4) is 0 Å². The zero-order valence-electron chi connectivity index (χ0n) is 19.1. The molecule has 4 amide bonds. The van der Waals surface area contributed by atoms with Gasteiger partial charge in [-0.1, -0.05) is 23.8 Å². The fraction of sp³-hybridized carbons (Fsp3) is 0.333. The second-order valence-corrected chi connectivity index (χ2v) is 7.67. The predicted octanol–water partition coefficient (Wildman–Crippen LogP) is 4.71. The van der Waals surface area contributed by atoms with Gasteiger partial charge in [-0.3, -0.25) is 19.4 Å². The van der Waals surface area contributed by atoms with Gasteiger partial charge in [0, 0.05) is 31.2 Å². The number of amides is 4. The Bertz CT molecular complexity index is 1100. The number of halogens is 1. The quantitative estimate of drug-likeness (QED) is 0.344. The van der Waals surface area contributed by atoms with Gasteiger partial charge in [-0.05, 0) is 52.0 Å². The summed E-state index contributed by atoms with van der Waals surface area (Å²) in [5, 5.41) is 0.407. The SMILES string of the molecule is [C-]#[N+]c1cc2c(cc1Cl)N(CC)/C(=C/C=C/C=C1C(=O)N(CC)C(=O)N(CC)C1=O)N2CC. The van der Waals surface area contributed by atoms with E-state index in [1.807, 2.05) is 19.9 Å². The van der Waals surface area contributed by atoms with Gasteiger partial charge in [0.15, 0.2) is 0 Å². The number of nitrogens with zero attached hydrogens (tertiary/aromatic N) is 5. The molecule has 3 rings (SSSR count). The van der Waals surface area contributed by atoms with Gasteiger partial charge in [0.05, 0.1) is 17.9 Å². The average molecular weight is 468 g/mol. The van der Waals surface area contributed by atoms with E-state index in [9.17, 15) is 14.4 Å². The lowest BCUT2D eigenvalue weighted by Crippen LogP contribution is -2.56. The highest BCUT2D eigenvalue weighted by atomic mass is 35.5. The van der Waals surface area contributed by atoms with E-state index in [2.05, 4.69) is 14.6 Å². The van der Waals surface area contributed by atoms with Crippen molar-refractivity contribution in [3.8, 4) is 0 Å². The molecule has 0 spiro atoms. The first-order valence-corrected chi connectivity index (χ1v) is 11.2. The van der Waals surface area contributed by atoms with E-state index < -0.39 is 17.8 Å². The third kappa shape index (κ3) is 4.12. The molecule has 0 radical (unpaired) electrons. The zero-order valence-corrected chi connectivity index (χ0v) is 19.9. The summed E-state index contributed by atoms with van der Waals surface area (Å²) in [7, 11) is 0. The monoisotopic (exact) mass is 467 g/mol. The van der Waals surface area contributed by atoms with Crippen molar-refractivity contribution in [3.63, 3.8) is 0 Å². The molecule has 0 unspecified atom stereocenters. The Hall–Kier alpha value is -3.57. The summed E-state index contributed by atoms with van der Waals surface area (Å²) >= 11 is 6.27. The van der Waals surface area contributed by atoms with E-state index in [0.717, 1.165) is 27.0 Å². The number of carbonyl (C=O) groups excluding carboxylic acids is 3. The zero-order chi connectivity index (χ0) is 24.3. The lowest BCUT2D eigenvalue weighted by molar-refractivity contribution is -0.135. The van der Waals surface area contributed by atoms with Gasteiger partial charge >= 0.3 is 6.03 Å². The van der Waals surface area contributed by atoms with Crippen LogP contribution in [0.15, 0.2) is 47.8 Å². The van der Waals surface area contributed by atoms with Crippen molar-refractivity contribution in [2.24, 2.45) is 0 Å². The number of allylic oxidation sites excluding steroid dienone is 4. The molecule has 2 aliphatic heterocycles. The molecule has 1 saturated heterocycles. The van der Waals surface area contributed by atoms with Crippen molar-refractivity contribution in [2.45, 2.75) is 27.7 Å². The molecule has 8 nitrogen and oxygen atoms in total. The Morgan fingerprint density at radius 3 is 1.79 bits per heavy atom. The maximum absolute atomic E-state index is 12.6. The lowest BCUT2D eigenvalue weighted by Gasteiger charge is -2.32. The number of urea groups is 1. The van der Waals surface area contributed by atoms with Crippen molar-refractivity contribution in [3.05, 3.63) is 64.3 Å². The number of fused-ring (bicyclic) bond motifs is 1. The molecule has 0 atom stereocenters. The van der Waals surface area contributed by atoms with Crippen LogP contribution in [-0.2, 0) is 9.59 Å². The second-order valence-electron chi connectivity index (χ2n) is 7.26. The van der Waals surface area contributed by atoms with Crippen molar-refractivity contribution in [1.29, 1.82) is 0 Å². The molecule has 1 fully saturated rings. The molecule has 1 aromatic carbocycles. The van der Waals surface area contributed by atoms with Gasteiger partial charge in [-0.2, -0.15) is 0 Å². The molecule has 2 heterocycles. The molecule has 9 heteroatoms. The Morgan fingerprint density at radius 1 is 0.818 bits per heavy atom. The normalized spacial score (nSPS) is 17.5. The summed E-state index contributed by atoms with van der Waals surface area (Å²) < 4.78 is 0. The first-order valence-electron chi connectivity index (χ1n) is 10.9. The molecule has 0 bridgehead atoms. The highest BCUT2D eigenvalue weighted by molar-refractivity contribution is 6.34. The molecule has 0 saturated carbocycles. The number of carbonyl (C=O) groups is 3. The van der Waals surface area contributed by atoms with E-state index in [1.165, 1.54) is 6.08 Å². The van der Waals surface area contributed by atoms with Gasteiger partial charge in [-0.15, -0.1) is 0 Å². The third-order valence-electron chi connectivity index (χ3n) is 5.60. The number of likely N-dealkylation sites (N-methyl/N-ethyl adjacent to an activating group) is 2. The summed E-state index contributed by atoms with van der Waals surface area (Å²) in [6.45, 7) is 16.5. The van der Waals surface area contributed by atoms with Crippen LogP contribution in [0.2, 0.25) is 5.02 Å². The summed E-state index contributed by atoms with van der Waals surface area (Å²) in [5.41, 5.74) is 2.18. The van der Waals surface area contributed by atoms with Crippen LogP contribution in [0.5, 0.6) is 0 Å². The number of hydrogen-bond donors (Lipinski definition) is 0. The molecule has 0 aliphatic carbocycles. The molecule has 172 valence electrons. The standard InChI is InChI=1S/C24H26ClN5O3/c1-6-27-19-14-17(25)18(26-5)15-20(19)28(7-2)21(27)13-11-10-12-16-22(31)29(8-3)24(33)30(9-4)23(16)32/h10-15H,6-9H2,1-4H3/b11-10+,21-13-. The third-order valence-corrected chi connectivity index (χ3v) is 5.90. The highest BCUT2D eigenvalue weighted by Gasteiger charge is 2.40. The van der Waals surface area contributed by atoms with Crippen LogP contribution in [-0.4, -0.2) is 53.8 Å². The number of benzene rings is 1.